The van der Waals surface area contributed by atoms with Crippen LogP contribution in [0.5, 0.6) is 5.75 Å². The van der Waals surface area contributed by atoms with Crippen molar-refractivity contribution in [2.45, 2.75) is 6.92 Å². The molecule has 0 heterocycles. The molecule has 0 bridgehead atoms. The normalized spacial score (nSPS) is 8.93. The third kappa shape index (κ3) is 4.05. The van der Waals surface area contributed by atoms with Crippen LogP contribution in [-0.2, 0) is 4.79 Å². The molecule has 1 amide bonds. The molecule has 4 heteroatoms. The zero-order valence-electron chi connectivity index (χ0n) is 8.17. The van der Waals surface area contributed by atoms with Gasteiger partial charge >= 0.3 is 0 Å². The Morgan fingerprint density at radius 2 is 2.33 bits per heavy atom. The number of nitrogens with one attached hydrogen (secondary N) is 1. The van der Waals surface area contributed by atoms with E-state index in [1.165, 1.54) is 6.92 Å². The molecule has 1 rings (SSSR count). The minimum atomic E-state index is -0.122. The average Bonchev–Trinajstić information content (AvgIpc) is 2.17. The van der Waals surface area contributed by atoms with Crippen molar-refractivity contribution < 1.29 is 9.90 Å². The summed E-state index contributed by atoms with van der Waals surface area (Å²) < 4.78 is 0.851. The Morgan fingerprint density at radius 1 is 1.60 bits per heavy atom. The van der Waals surface area contributed by atoms with Gasteiger partial charge in [0.25, 0.3) is 0 Å². The van der Waals surface area contributed by atoms with Gasteiger partial charge in [-0.2, -0.15) is 0 Å². The number of halogens is 1. The highest BCUT2D eigenvalue weighted by atomic mass is 79.9. The van der Waals surface area contributed by atoms with Gasteiger partial charge in [0.1, 0.15) is 5.75 Å². The van der Waals surface area contributed by atoms with Crippen LogP contribution in [0.25, 0.3) is 0 Å². The highest BCUT2D eigenvalue weighted by Crippen LogP contribution is 2.20. The van der Waals surface area contributed by atoms with Gasteiger partial charge in [-0.15, -0.1) is 0 Å². The second-order valence-corrected chi connectivity index (χ2v) is 3.79. The van der Waals surface area contributed by atoms with Gasteiger partial charge in [-0.25, -0.2) is 0 Å². The van der Waals surface area contributed by atoms with E-state index in [2.05, 4.69) is 33.1 Å². The predicted molar refractivity (Wildman–Crippen MR) is 61.4 cm³/mol. The zero-order chi connectivity index (χ0) is 11.3. The average molecular weight is 268 g/mol. The highest BCUT2D eigenvalue weighted by Gasteiger charge is 1.97. The van der Waals surface area contributed by atoms with Crippen LogP contribution in [0.1, 0.15) is 12.5 Å². The number of phenols is 1. The van der Waals surface area contributed by atoms with Crippen molar-refractivity contribution >= 4 is 21.8 Å². The van der Waals surface area contributed by atoms with Crippen LogP contribution in [-0.4, -0.2) is 17.6 Å². The van der Waals surface area contributed by atoms with Gasteiger partial charge in [0.05, 0.1) is 12.1 Å². The monoisotopic (exact) mass is 267 g/mol. The summed E-state index contributed by atoms with van der Waals surface area (Å²) in [7, 11) is 0. The summed E-state index contributed by atoms with van der Waals surface area (Å²) in [6.45, 7) is 1.71. The van der Waals surface area contributed by atoms with Gasteiger partial charge in [-0.1, -0.05) is 27.8 Å². The molecule has 0 fully saturated rings. The molecule has 15 heavy (non-hydrogen) atoms. The largest absolute Gasteiger partial charge is 0.507 e. The van der Waals surface area contributed by atoms with Crippen LogP contribution in [0, 0.1) is 11.8 Å². The number of hydrogen-bond acceptors (Lipinski definition) is 2. The third-order valence-corrected chi connectivity index (χ3v) is 2.10. The Labute approximate surface area is 96.6 Å². The lowest BCUT2D eigenvalue weighted by Gasteiger charge is -1.97. The number of rotatable bonds is 1. The maximum Gasteiger partial charge on any atom is 0.217 e. The first-order valence-corrected chi connectivity index (χ1v) is 5.10. The van der Waals surface area contributed by atoms with E-state index in [-0.39, 0.29) is 18.2 Å². The van der Waals surface area contributed by atoms with E-state index in [0.717, 1.165) is 4.47 Å². The van der Waals surface area contributed by atoms with E-state index in [9.17, 15) is 9.90 Å². The first-order valence-electron chi connectivity index (χ1n) is 4.31. The minimum absolute atomic E-state index is 0.122. The fourth-order valence-electron chi connectivity index (χ4n) is 0.916. The number of amides is 1. The van der Waals surface area contributed by atoms with E-state index < -0.39 is 0 Å². The molecule has 1 aromatic carbocycles. The molecular formula is C11H10BrNO2. The van der Waals surface area contributed by atoms with Gasteiger partial charge in [-0.05, 0) is 18.2 Å². The second-order valence-electron chi connectivity index (χ2n) is 2.87. The molecule has 0 saturated heterocycles. The van der Waals surface area contributed by atoms with Crippen LogP contribution in [0.4, 0.5) is 0 Å². The zero-order valence-corrected chi connectivity index (χ0v) is 9.76. The van der Waals surface area contributed by atoms with E-state index in [0.29, 0.717) is 5.56 Å². The topological polar surface area (TPSA) is 49.3 Å². The number of hydrogen-bond donors (Lipinski definition) is 2. The number of carbonyl (C=O) groups is 1. The number of carbonyl (C=O) groups excluding carboxylic acids is 1. The molecule has 0 unspecified atom stereocenters. The van der Waals surface area contributed by atoms with Gasteiger partial charge in [0.2, 0.25) is 5.91 Å². The molecular weight excluding hydrogens is 258 g/mol. The molecule has 0 aliphatic heterocycles. The van der Waals surface area contributed by atoms with Crippen molar-refractivity contribution in [3.8, 4) is 17.6 Å². The summed E-state index contributed by atoms with van der Waals surface area (Å²) in [4.78, 5) is 10.5. The maximum atomic E-state index is 10.5. The van der Waals surface area contributed by atoms with Gasteiger partial charge < -0.3 is 10.4 Å². The predicted octanol–water partition coefficient (Wildman–Crippen LogP) is 1.64. The summed E-state index contributed by atoms with van der Waals surface area (Å²) in [6, 6.07) is 5.01. The van der Waals surface area contributed by atoms with Crippen LogP contribution >= 0.6 is 15.9 Å². The first kappa shape index (κ1) is 11.6. The van der Waals surface area contributed by atoms with Crippen molar-refractivity contribution in [2.24, 2.45) is 0 Å². The molecule has 0 atom stereocenters. The molecule has 0 aromatic heterocycles. The molecule has 2 N–H and O–H groups in total. The molecule has 0 aliphatic rings. The van der Waals surface area contributed by atoms with Gasteiger partial charge in [-0.3, -0.25) is 4.79 Å². The second kappa shape index (κ2) is 5.42. The third-order valence-electron chi connectivity index (χ3n) is 1.61. The smallest absolute Gasteiger partial charge is 0.217 e. The molecule has 78 valence electrons. The Hall–Kier alpha value is -1.47. The van der Waals surface area contributed by atoms with Gasteiger partial charge in [0.15, 0.2) is 0 Å². The fraction of sp³-hybridized carbons (Fsp3) is 0.182. The minimum Gasteiger partial charge on any atom is -0.507 e. The molecule has 1 aromatic rings. The Balaban J connectivity index is 2.71. The first-order chi connectivity index (χ1) is 7.09. The Kier molecular flexibility index (Phi) is 4.19. The van der Waals surface area contributed by atoms with Crippen LogP contribution < -0.4 is 5.32 Å². The lowest BCUT2D eigenvalue weighted by atomic mass is 10.2. The molecule has 3 nitrogen and oxygen atoms in total. The lowest BCUT2D eigenvalue weighted by molar-refractivity contribution is -0.118. The van der Waals surface area contributed by atoms with Crippen LogP contribution in [0.2, 0.25) is 0 Å². The summed E-state index contributed by atoms with van der Waals surface area (Å²) in [5.41, 5.74) is 0.537. The molecule has 0 spiro atoms. The van der Waals surface area contributed by atoms with Gasteiger partial charge in [0, 0.05) is 11.4 Å². The summed E-state index contributed by atoms with van der Waals surface area (Å²) in [5, 5.41) is 12.0. The van der Waals surface area contributed by atoms with Crippen molar-refractivity contribution in [2.75, 3.05) is 6.54 Å². The van der Waals surface area contributed by atoms with Crippen molar-refractivity contribution in [3.05, 3.63) is 28.2 Å². The van der Waals surface area contributed by atoms with Crippen molar-refractivity contribution in [1.82, 2.24) is 5.32 Å². The fourth-order valence-corrected chi connectivity index (χ4v) is 1.28. The number of phenolic OH excluding ortho intramolecular Hbond substituents is 1. The SMILES string of the molecule is CC(=O)NCC#Cc1cc(Br)ccc1O. The number of aromatic hydroxyl groups is 1. The van der Waals surface area contributed by atoms with Crippen LogP contribution in [0.15, 0.2) is 22.7 Å². The quantitative estimate of drug-likeness (QED) is 0.761. The van der Waals surface area contributed by atoms with E-state index in [1.54, 1.807) is 18.2 Å². The summed E-state index contributed by atoms with van der Waals surface area (Å²) >= 11 is 3.28. The Morgan fingerprint density at radius 3 is 3.00 bits per heavy atom. The van der Waals surface area contributed by atoms with E-state index >= 15 is 0 Å². The number of benzene rings is 1. The standard InChI is InChI=1S/C11H10BrNO2/c1-8(14)13-6-2-3-9-7-10(12)4-5-11(9)15/h4-5,7,15H,6H2,1H3,(H,13,14). The molecule has 0 saturated carbocycles. The highest BCUT2D eigenvalue weighted by molar-refractivity contribution is 9.10. The Bertz CT molecular complexity index is 432. The van der Waals surface area contributed by atoms with Crippen molar-refractivity contribution in [1.29, 1.82) is 0 Å². The molecule has 0 aliphatic carbocycles. The van der Waals surface area contributed by atoms with Crippen molar-refractivity contribution in [3.63, 3.8) is 0 Å². The van der Waals surface area contributed by atoms with E-state index in [4.69, 9.17) is 0 Å². The lowest BCUT2D eigenvalue weighted by Crippen LogP contribution is -2.19. The van der Waals surface area contributed by atoms with E-state index in [1.807, 2.05) is 0 Å². The maximum absolute atomic E-state index is 10.5. The summed E-state index contributed by atoms with van der Waals surface area (Å²) in [6.07, 6.45) is 0. The summed E-state index contributed by atoms with van der Waals surface area (Å²) in [5.74, 6) is 5.51. The van der Waals surface area contributed by atoms with Crippen LogP contribution in [0.3, 0.4) is 0 Å². The molecule has 0 radical (unpaired) electrons.